The number of aliphatic hydroxyl groups excluding tert-OH is 1. The molecule has 1 heterocycles. The number of rotatable bonds is 2. The number of aromatic nitrogens is 2. The Balaban J connectivity index is 3.08. The van der Waals surface area contributed by atoms with Crippen molar-refractivity contribution >= 4 is 15.9 Å². The van der Waals surface area contributed by atoms with E-state index < -0.39 is 11.7 Å². The molecule has 1 atom stereocenters. The molecule has 1 aromatic rings. The number of aryl methyl sites for hydroxylation is 1. The van der Waals surface area contributed by atoms with Gasteiger partial charge in [0.2, 0.25) is 0 Å². The minimum atomic E-state index is -1.17. The van der Waals surface area contributed by atoms with Gasteiger partial charge in [0.05, 0.1) is 22.0 Å². The molecule has 0 bridgehead atoms. The molecular weight excluding hydrogens is 236 g/mol. The van der Waals surface area contributed by atoms with Crippen LogP contribution in [0.5, 0.6) is 0 Å². The second-order valence-corrected chi connectivity index (χ2v) is 4.41. The average Bonchev–Trinajstić information content (AvgIpc) is 2.28. The van der Waals surface area contributed by atoms with E-state index in [4.69, 9.17) is 0 Å². The van der Waals surface area contributed by atoms with Crippen LogP contribution in [0.3, 0.4) is 0 Å². The molecule has 0 spiro atoms. The van der Waals surface area contributed by atoms with E-state index in [0.29, 0.717) is 10.2 Å². The molecule has 1 rings (SSSR count). The summed E-state index contributed by atoms with van der Waals surface area (Å²) >= 11 is 3.26. The molecule has 1 aromatic heterocycles. The summed E-state index contributed by atoms with van der Waals surface area (Å²) in [5.41, 5.74) is -0.594. The van der Waals surface area contributed by atoms with Gasteiger partial charge in [-0.25, -0.2) is 0 Å². The van der Waals surface area contributed by atoms with Crippen molar-refractivity contribution in [2.75, 3.05) is 0 Å². The van der Waals surface area contributed by atoms with Gasteiger partial charge in [-0.05, 0) is 29.8 Å². The van der Waals surface area contributed by atoms with Gasteiger partial charge in [0.1, 0.15) is 6.10 Å². The zero-order valence-corrected chi connectivity index (χ0v) is 9.41. The third-order valence-corrected chi connectivity index (χ3v) is 2.48. The third-order valence-electron chi connectivity index (χ3n) is 1.87. The summed E-state index contributed by atoms with van der Waals surface area (Å²) in [6.45, 7) is 3.11. The molecular formula is C8H13BrN2O2. The normalized spacial score (nSPS) is 14.6. The Labute approximate surface area is 85.3 Å². The molecule has 0 aliphatic rings. The number of halogens is 1. The predicted octanol–water partition coefficient (Wildman–Crippen LogP) is 0.987. The van der Waals surface area contributed by atoms with Crippen LogP contribution in [0, 0.1) is 0 Å². The van der Waals surface area contributed by atoms with Crippen LogP contribution in [0.15, 0.2) is 10.7 Å². The quantitative estimate of drug-likeness (QED) is 0.821. The Hall–Kier alpha value is -0.390. The summed E-state index contributed by atoms with van der Waals surface area (Å²) in [5.74, 6) is 0. The molecule has 5 heteroatoms. The van der Waals surface area contributed by atoms with Crippen LogP contribution in [0.1, 0.15) is 25.6 Å². The molecule has 0 saturated carbocycles. The minimum absolute atomic E-state index is 0.576. The molecule has 0 aliphatic carbocycles. The van der Waals surface area contributed by atoms with Crippen molar-refractivity contribution in [2.45, 2.75) is 25.6 Å². The van der Waals surface area contributed by atoms with Crippen LogP contribution in [-0.2, 0) is 7.05 Å². The molecule has 0 aromatic carbocycles. The number of hydrogen-bond acceptors (Lipinski definition) is 3. The van der Waals surface area contributed by atoms with E-state index in [1.54, 1.807) is 27.1 Å². The van der Waals surface area contributed by atoms with E-state index in [1.165, 1.54) is 4.68 Å². The fourth-order valence-electron chi connectivity index (χ4n) is 1.06. The molecule has 0 saturated heterocycles. The van der Waals surface area contributed by atoms with Crippen LogP contribution >= 0.6 is 15.9 Å². The second kappa shape index (κ2) is 3.40. The van der Waals surface area contributed by atoms with Gasteiger partial charge in [0, 0.05) is 7.05 Å². The fourth-order valence-corrected chi connectivity index (χ4v) is 1.63. The van der Waals surface area contributed by atoms with Gasteiger partial charge in [0.15, 0.2) is 0 Å². The Kier molecular flexibility index (Phi) is 2.79. The van der Waals surface area contributed by atoms with Crippen LogP contribution < -0.4 is 0 Å². The lowest BCUT2D eigenvalue weighted by Crippen LogP contribution is -2.30. The maximum Gasteiger partial charge on any atom is 0.125 e. The van der Waals surface area contributed by atoms with Crippen molar-refractivity contribution < 1.29 is 10.2 Å². The van der Waals surface area contributed by atoms with E-state index in [0.717, 1.165) is 0 Å². The van der Waals surface area contributed by atoms with Crippen LogP contribution in [0.2, 0.25) is 0 Å². The summed E-state index contributed by atoms with van der Waals surface area (Å²) in [5, 5.41) is 23.3. The Morgan fingerprint density at radius 1 is 1.62 bits per heavy atom. The van der Waals surface area contributed by atoms with Crippen LogP contribution in [-0.4, -0.2) is 25.6 Å². The van der Waals surface area contributed by atoms with Gasteiger partial charge in [-0.1, -0.05) is 0 Å². The summed E-state index contributed by atoms with van der Waals surface area (Å²) in [6, 6.07) is 0. The summed E-state index contributed by atoms with van der Waals surface area (Å²) in [7, 11) is 1.72. The largest absolute Gasteiger partial charge is 0.387 e. The Morgan fingerprint density at radius 3 is 2.46 bits per heavy atom. The molecule has 1 unspecified atom stereocenters. The van der Waals surface area contributed by atoms with Crippen molar-refractivity contribution in [3.63, 3.8) is 0 Å². The lowest BCUT2D eigenvalue weighted by atomic mass is 9.99. The first kappa shape index (κ1) is 10.7. The highest BCUT2D eigenvalue weighted by atomic mass is 79.9. The van der Waals surface area contributed by atoms with Crippen LogP contribution in [0.25, 0.3) is 0 Å². The van der Waals surface area contributed by atoms with E-state index in [9.17, 15) is 10.2 Å². The molecule has 74 valence electrons. The standard InChI is InChI=1S/C8H13BrN2O2/c1-8(2,13)7(12)6-5(9)4-10-11(6)3/h4,7,12-13H,1-3H3. The maximum atomic E-state index is 9.77. The zero-order valence-electron chi connectivity index (χ0n) is 7.82. The summed E-state index contributed by atoms with van der Waals surface area (Å²) in [6.07, 6.45) is 0.638. The summed E-state index contributed by atoms with van der Waals surface area (Å²) in [4.78, 5) is 0. The van der Waals surface area contributed by atoms with Crippen molar-refractivity contribution in [3.05, 3.63) is 16.4 Å². The highest BCUT2D eigenvalue weighted by Crippen LogP contribution is 2.29. The van der Waals surface area contributed by atoms with Crippen LogP contribution in [0.4, 0.5) is 0 Å². The molecule has 0 aliphatic heterocycles. The molecule has 2 N–H and O–H groups in total. The maximum absolute atomic E-state index is 9.77. The van der Waals surface area contributed by atoms with E-state index in [-0.39, 0.29) is 0 Å². The smallest absolute Gasteiger partial charge is 0.125 e. The van der Waals surface area contributed by atoms with Gasteiger partial charge in [0.25, 0.3) is 0 Å². The van der Waals surface area contributed by atoms with Gasteiger partial charge in [-0.15, -0.1) is 0 Å². The van der Waals surface area contributed by atoms with E-state index in [1.807, 2.05) is 0 Å². The monoisotopic (exact) mass is 248 g/mol. The zero-order chi connectivity index (χ0) is 10.2. The highest BCUT2D eigenvalue weighted by Gasteiger charge is 2.30. The second-order valence-electron chi connectivity index (χ2n) is 3.56. The lowest BCUT2D eigenvalue weighted by Gasteiger charge is -2.24. The van der Waals surface area contributed by atoms with Gasteiger partial charge >= 0.3 is 0 Å². The Bertz CT molecular complexity index is 284. The first-order valence-corrected chi connectivity index (χ1v) is 4.71. The molecule has 0 fully saturated rings. The third kappa shape index (κ3) is 2.10. The lowest BCUT2D eigenvalue weighted by molar-refractivity contribution is -0.0537. The molecule has 0 amide bonds. The predicted molar refractivity (Wildman–Crippen MR) is 52.2 cm³/mol. The topological polar surface area (TPSA) is 58.3 Å². The highest BCUT2D eigenvalue weighted by molar-refractivity contribution is 9.10. The molecule has 0 radical (unpaired) electrons. The number of nitrogens with zero attached hydrogens (tertiary/aromatic N) is 2. The van der Waals surface area contributed by atoms with Crippen molar-refractivity contribution in [1.82, 2.24) is 9.78 Å². The van der Waals surface area contributed by atoms with Crippen molar-refractivity contribution in [3.8, 4) is 0 Å². The molecule has 13 heavy (non-hydrogen) atoms. The van der Waals surface area contributed by atoms with E-state index in [2.05, 4.69) is 21.0 Å². The minimum Gasteiger partial charge on any atom is -0.387 e. The number of aliphatic hydroxyl groups is 2. The summed E-state index contributed by atoms with van der Waals surface area (Å²) < 4.78 is 2.23. The average molecular weight is 249 g/mol. The van der Waals surface area contributed by atoms with Crippen molar-refractivity contribution in [1.29, 1.82) is 0 Å². The van der Waals surface area contributed by atoms with Gasteiger partial charge < -0.3 is 10.2 Å². The number of hydrogen-bond donors (Lipinski definition) is 2. The Morgan fingerprint density at radius 2 is 2.15 bits per heavy atom. The SMILES string of the molecule is Cn1ncc(Br)c1C(O)C(C)(C)O. The molecule has 4 nitrogen and oxygen atoms in total. The fraction of sp³-hybridized carbons (Fsp3) is 0.625. The first-order chi connectivity index (χ1) is 5.84. The van der Waals surface area contributed by atoms with Gasteiger partial charge in [-0.3, -0.25) is 4.68 Å². The van der Waals surface area contributed by atoms with Crippen molar-refractivity contribution in [2.24, 2.45) is 7.05 Å². The van der Waals surface area contributed by atoms with Gasteiger partial charge in [-0.2, -0.15) is 5.10 Å². The first-order valence-electron chi connectivity index (χ1n) is 3.92. The van der Waals surface area contributed by atoms with E-state index >= 15 is 0 Å².